The maximum absolute atomic E-state index is 14.6. The molecule has 11 heteroatoms. The Morgan fingerprint density at radius 3 is 2.57 bits per heavy atom. The van der Waals surface area contributed by atoms with Crippen molar-refractivity contribution in [3.05, 3.63) is 65.1 Å². The van der Waals surface area contributed by atoms with Crippen molar-refractivity contribution in [3.8, 4) is 0 Å². The standard InChI is InChI=1S/C26H30F5N5O/c1-17-12-25(27,28)16-36(24(37)23(32)20(14-33-2)18-8-4-3-5-9-18)21(17)15-35-22-11-7-6-10-19(13-34-22)26(29,30)31/h3-5,8-11,13-14,17,21,35H,6-7,12,15-16,32H2,1-2H3/b19-10-,22-11?,23-20?,33-14?,34-13?/t17-,21?/m1/s1. The fourth-order valence-corrected chi connectivity index (χ4v) is 4.41. The van der Waals surface area contributed by atoms with Gasteiger partial charge in [-0.15, -0.1) is 0 Å². The van der Waals surface area contributed by atoms with Crippen LogP contribution in [0.15, 0.2) is 69.6 Å². The first-order chi connectivity index (χ1) is 17.4. The molecule has 2 aliphatic rings. The maximum Gasteiger partial charge on any atom is 0.417 e. The molecule has 1 unspecified atom stereocenters. The molecule has 1 amide bonds. The highest BCUT2D eigenvalue weighted by Crippen LogP contribution is 2.35. The van der Waals surface area contributed by atoms with E-state index in [9.17, 15) is 26.7 Å². The summed E-state index contributed by atoms with van der Waals surface area (Å²) < 4.78 is 68.5. The second kappa shape index (κ2) is 11.7. The summed E-state index contributed by atoms with van der Waals surface area (Å²) in [6, 6.07) is 8.04. The van der Waals surface area contributed by atoms with E-state index in [1.807, 2.05) is 0 Å². The van der Waals surface area contributed by atoms with E-state index in [1.54, 1.807) is 43.3 Å². The monoisotopic (exact) mass is 523 g/mol. The predicted octanol–water partition coefficient (Wildman–Crippen LogP) is 4.71. The Balaban J connectivity index is 1.87. The van der Waals surface area contributed by atoms with Crippen LogP contribution in [0, 0.1) is 5.92 Å². The average Bonchev–Trinajstić information content (AvgIpc) is 2.81. The quantitative estimate of drug-likeness (QED) is 0.322. The summed E-state index contributed by atoms with van der Waals surface area (Å²) in [6.07, 6.45) is 0.351. The van der Waals surface area contributed by atoms with Crippen LogP contribution >= 0.6 is 0 Å². The van der Waals surface area contributed by atoms with Gasteiger partial charge in [-0.3, -0.25) is 9.79 Å². The van der Waals surface area contributed by atoms with Crippen LogP contribution in [0.5, 0.6) is 0 Å². The van der Waals surface area contributed by atoms with E-state index in [0.29, 0.717) is 17.6 Å². The number of carbonyl (C=O) groups is 1. The highest BCUT2D eigenvalue weighted by atomic mass is 19.4. The van der Waals surface area contributed by atoms with Crippen LogP contribution < -0.4 is 11.1 Å². The van der Waals surface area contributed by atoms with Gasteiger partial charge in [0, 0.05) is 38.0 Å². The molecule has 200 valence electrons. The number of piperidine rings is 1. The summed E-state index contributed by atoms with van der Waals surface area (Å²) in [6.45, 7) is 0.774. The Morgan fingerprint density at radius 1 is 1.24 bits per heavy atom. The van der Waals surface area contributed by atoms with Crippen molar-refractivity contribution in [1.82, 2.24) is 10.2 Å². The second-order valence-corrected chi connectivity index (χ2v) is 9.08. The Kier molecular flexibility index (Phi) is 8.88. The van der Waals surface area contributed by atoms with E-state index >= 15 is 0 Å². The molecule has 0 bridgehead atoms. The minimum Gasteiger partial charge on any atom is -0.394 e. The van der Waals surface area contributed by atoms with Gasteiger partial charge in [0.1, 0.15) is 11.5 Å². The van der Waals surface area contributed by atoms with Crippen LogP contribution in [0.4, 0.5) is 22.0 Å². The molecule has 1 saturated heterocycles. The Morgan fingerprint density at radius 2 is 1.92 bits per heavy atom. The molecule has 3 N–H and O–H groups in total. The van der Waals surface area contributed by atoms with Gasteiger partial charge in [0.25, 0.3) is 11.8 Å². The number of hydrogen-bond acceptors (Lipinski definition) is 5. The lowest BCUT2D eigenvalue weighted by Gasteiger charge is -2.43. The van der Waals surface area contributed by atoms with Gasteiger partial charge in [-0.2, -0.15) is 13.2 Å². The zero-order valence-corrected chi connectivity index (χ0v) is 20.6. The molecule has 0 aromatic heterocycles. The van der Waals surface area contributed by atoms with Crippen molar-refractivity contribution in [2.75, 3.05) is 20.1 Å². The van der Waals surface area contributed by atoms with Crippen molar-refractivity contribution in [1.29, 1.82) is 0 Å². The van der Waals surface area contributed by atoms with Gasteiger partial charge in [-0.05, 0) is 30.4 Å². The molecule has 0 saturated carbocycles. The molecule has 6 nitrogen and oxygen atoms in total. The van der Waals surface area contributed by atoms with Crippen LogP contribution in [-0.2, 0) is 4.79 Å². The van der Waals surface area contributed by atoms with Crippen molar-refractivity contribution in [2.45, 2.75) is 44.3 Å². The van der Waals surface area contributed by atoms with Crippen molar-refractivity contribution >= 4 is 23.9 Å². The molecule has 2 heterocycles. The lowest BCUT2D eigenvalue weighted by molar-refractivity contribution is -0.148. The predicted molar refractivity (Wildman–Crippen MR) is 134 cm³/mol. The van der Waals surface area contributed by atoms with E-state index < -0.39 is 48.5 Å². The Labute approximate surface area is 212 Å². The summed E-state index contributed by atoms with van der Waals surface area (Å²) in [5.41, 5.74) is 6.05. The summed E-state index contributed by atoms with van der Waals surface area (Å²) in [4.78, 5) is 22.4. The Bertz CT molecular complexity index is 1120. The largest absolute Gasteiger partial charge is 0.417 e. The van der Waals surface area contributed by atoms with Crippen LogP contribution in [0.1, 0.15) is 31.7 Å². The van der Waals surface area contributed by atoms with E-state index in [-0.39, 0.29) is 24.5 Å². The van der Waals surface area contributed by atoms with Gasteiger partial charge in [0.05, 0.1) is 18.2 Å². The SMILES string of the molecule is CN=CC(=C(N)C(=O)N1CC(F)(F)C[C@@H](C)C1CNC1=CCC/C=C(\C(F)(F)F)C=N1)c1ccccc1. The van der Waals surface area contributed by atoms with Crippen molar-refractivity contribution in [3.63, 3.8) is 0 Å². The van der Waals surface area contributed by atoms with Gasteiger partial charge in [0.2, 0.25) is 0 Å². The molecule has 37 heavy (non-hydrogen) atoms. The number of carbonyl (C=O) groups excluding carboxylic acids is 1. The van der Waals surface area contributed by atoms with E-state index in [0.717, 1.165) is 17.2 Å². The van der Waals surface area contributed by atoms with E-state index in [2.05, 4.69) is 15.3 Å². The van der Waals surface area contributed by atoms with Gasteiger partial charge in [-0.1, -0.05) is 43.3 Å². The number of halogens is 5. The number of benzene rings is 1. The molecule has 1 aromatic carbocycles. The molecule has 0 radical (unpaired) electrons. The number of rotatable bonds is 6. The van der Waals surface area contributed by atoms with Gasteiger partial charge >= 0.3 is 6.18 Å². The first kappa shape index (κ1) is 28.1. The molecule has 0 aliphatic carbocycles. The fourth-order valence-electron chi connectivity index (χ4n) is 4.41. The molecule has 2 atom stereocenters. The average molecular weight is 524 g/mol. The Hall–Kier alpha value is -3.50. The number of likely N-dealkylation sites (tertiary alicyclic amines) is 1. The number of hydrogen-bond donors (Lipinski definition) is 2. The highest BCUT2D eigenvalue weighted by Gasteiger charge is 2.46. The summed E-state index contributed by atoms with van der Waals surface area (Å²) in [7, 11) is 1.51. The zero-order chi connectivity index (χ0) is 27.2. The lowest BCUT2D eigenvalue weighted by Crippen LogP contribution is -2.59. The van der Waals surface area contributed by atoms with Crippen LogP contribution in [0.25, 0.3) is 5.57 Å². The first-order valence-electron chi connectivity index (χ1n) is 11.8. The molecule has 1 aromatic rings. The molecule has 1 fully saturated rings. The van der Waals surface area contributed by atoms with E-state index in [4.69, 9.17) is 5.73 Å². The third-order valence-corrected chi connectivity index (χ3v) is 6.23. The summed E-state index contributed by atoms with van der Waals surface area (Å²) >= 11 is 0. The van der Waals surface area contributed by atoms with Gasteiger partial charge < -0.3 is 16.0 Å². The number of amides is 1. The molecule has 0 spiro atoms. The third-order valence-electron chi connectivity index (χ3n) is 6.23. The number of nitrogens with zero attached hydrogens (tertiary/aromatic N) is 3. The van der Waals surface area contributed by atoms with Crippen molar-refractivity contribution in [2.24, 2.45) is 21.6 Å². The minimum absolute atomic E-state index is 0.00699. The van der Waals surface area contributed by atoms with Crippen LogP contribution in [0.2, 0.25) is 0 Å². The number of allylic oxidation sites excluding steroid dienone is 4. The molecule has 2 aliphatic heterocycles. The van der Waals surface area contributed by atoms with Crippen LogP contribution in [-0.4, -0.2) is 61.5 Å². The smallest absolute Gasteiger partial charge is 0.394 e. The fraction of sp³-hybridized carbons (Fsp3) is 0.423. The molecular formula is C26H30F5N5O. The third kappa shape index (κ3) is 7.27. The topological polar surface area (TPSA) is 83.1 Å². The molecule has 3 rings (SSSR count). The number of nitrogens with two attached hydrogens (primary N) is 1. The maximum atomic E-state index is 14.6. The number of nitrogens with one attached hydrogen (secondary N) is 1. The second-order valence-electron chi connectivity index (χ2n) is 9.08. The number of aliphatic imine (C=N–C) groups is 2. The zero-order valence-electron chi connectivity index (χ0n) is 20.6. The highest BCUT2D eigenvalue weighted by molar-refractivity contribution is 6.18. The van der Waals surface area contributed by atoms with Crippen LogP contribution in [0.3, 0.4) is 0 Å². The molecular weight excluding hydrogens is 493 g/mol. The normalized spacial score (nSPS) is 24.5. The van der Waals surface area contributed by atoms with E-state index in [1.165, 1.54) is 13.3 Å². The summed E-state index contributed by atoms with van der Waals surface area (Å²) in [5.74, 6) is -4.34. The summed E-state index contributed by atoms with van der Waals surface area (Å²) in [5, 5.41) is 2.95. The lowest BCUT2D eigenvalue weighted by atomic mass is 9.88. The van der Waals surface area contributed by atoms with Gasteiger partial charge in [0.15, 0.2) is 0 Å². The van der Waals surface area contributed by atoms with Gasteiger partial charge in [-0.25, -0.2) is 13.8 Å². The first-order valence-corrected chi connectivity index (χ1v) is 11.8. The minimum atomic E-state index is -4.53. The number of alkyl halides is 5. The van der Waals surface area contributed by atoms with Crippen molar-refractivity contribution < 1.29 is 26.7 Å².